The summed E-state index contributed by atoms with van der Waals surface area (Å²) in [5, 5.41) is 3.69. The van der Waals surface area contributed by atoms with Crippen LogP contribution in [-0.4, -0.2) is 6.54 Å². The van der Waals surface area contributed by atoms with Crippen LogP contribution in [0.1, 0.15) is 55.8 Å². The van der Waals surface area contributed by atoms with Gasteiger partial charge < -0.3 is 5.32 Å². The van der Waals surface area contributed by atoms with Gasteiger partial charge in [-0.25, -0.2) is 0 Å². The fourth-order valence-electron chi connectivity index (χ4n) is 3.03. The fraction of sp³-hybridized carbons (Fsp3) is 0.600. The molecule has 0 amide bonds. The van der Waals surface area contributed by atoms with Crippen molar-refractivity contribution in [1.29, 1.82) is 0 Å². The van der Waals surface area contributed by atoms with E-state index in [1.807, 2.05) is 0 Å². The minimum atomic E-state index is 0.560. The Morgan fingerprint density at radius 1 is 1.25 bits per heavy atom. The van der Waals surface area contributed by atoms with Crippen LogP contribution in [-0.2, 0) is 0 Å². The first-order valence-corrected chi connectivity index (χ1v) is 6.49. The molecule has 1 aliphatic rings. The lowest BCUT2D eigenvalue weighted by Crippen LogP contribution is -2.25. The molecular weight excluding hydrogens is 194 g/mol. The molecule has 0 fully saturated rings. The Kier molecular flexibility index (Phi) is 3.34. The molecule has 0 saturated heterocycles. The van der Waals surface area contributed by atoms with Crippen LogP contribution < -0.4 is 5.32 Å². The highest BCUT2D eigenvalue weighted by Crippen LogP contribution is 2.45. The largest absolute Gasteiger partial charge is 0.310 e. The molecular formula is C15H23N. The van der Waals surface area contributed by atoms with Crippen LogP contribution in [0.2, 0.25) is 0 Å². The number of nitrogens with one attached hydrogen (secondary N) is 1. The van der Waals surface area contributed by atoms with Crippen molar-refractivity contribution in [1.82, 2.24) is 5.32 Å². The van der Waals surface area contributed by atoms with Crippen LogP contribution in [0.15, 0.2) is 18.2 Å². The lowest BCUT2D eigenvalue weighted by Gasteiger charge is -2.20. The van der Waals surface area contributed by atoms with Crippen LogP contribution in [0.5, 0.6) is 0 Å². The second-order valence-electron chi connectivity index (χ2n) is 5.16. The quantitative estimate of drug-likeness (QED) is 0.812. The number of rotatable bonds is 3. The molecule has 0 saturated carbocycles. The van der Waals surface area contributed by atoms with E-state index < -0.39 is 0 Å². The molecule has 3 unspecified atom stereocenters. The van der Waals surface area contributed by atoms with E-state index in [0.29, 0.717) is 17.9 Å². The third-order valence-corrected chi connectivity index (χ3v) is 4.08. The van der Waals surface area contributed by atoms with Crippen molar-refractivity contribution < 1.29 is 0 Å². The molecule has 0 aromatic heterocycles. The highest BCUT2D eigenvalue weighted by molar-refractivity contribution is 5.44. The summed E-state index contributed by atoms with van der Waals surface area (Å²) in [7, 11) is 0. The molecule has 1 heteroatoms. The van der Waals surface area contributed by atoms with Crippen LogP contribution in [0.3, 0.4) is 0 Å². The maximum atomic E-state index is 3.69. The van der Waals surface area contributed by atoms with Crippen LogP contribution in [0.4, 0.5) is 0 Å². The molecule has 0 bridgehead atoms. The van der Waals surface area contributed by atoms with Gasteiger partial charge in [-0.05, 0) is 48.4 Å². The minimum absolute atomic E-state index is 0.560. The van der Waals surface area contributed by atoms with Gasteiger partial charge in [0.15, 0.2) is 0 Å². The zero-order chi connectivity index (χ0) is 11.7. The molecule has 0 heterocycles. The van der Waals surface area contributed by atoms with Gasteiger partial charge in [0.25, 0.3) is 0 Å². The summed E-state index contributed by atoms with van der Waals surface area (Å²) in [5.41, 5.74) is 4.58. The Balaban J connectivity index is 2.34. The molecule has 2 rings (SSSR count). The van der Waals surface area contributed by atoms with E-state index in [4.69, 9.17) is 0 Å². The lowest BCUT2D eigenvalue weighted by molar-refractivity contribution is 0.380. The van der Waals surface area contributed by atoms with Gasteiger partial charge >= 0.3 is 0 Å². The third kappa shape index (κ3) is 1.78. The monoisotopic (exact) mass is 217 g/mol. The zero-order valence-electron chi connectivity index (χ0n) is 10.9. The van der Waals surface area contributed by atoms with E-state index in [9.17, 15) is 0 Å². The molecule has 0 aliphatic heterocycles. The Morgan fingerprint density at radius 2 is 2.00 bits per heavy atom. The van der Waals surface area contributed by atoms with E-state index in [0.717, 1.165) is 6.54 Å². The molecule has 1 aromatic carbocycles. The van der Waals surface area contributed by atoms with Crippen molar-refractivity contribution in [2.45, 2.75) is 46.1 Å². The normalized spacial score (nSPS) is 28.1. The summed E-state index contributed by atoms with van der Waals surface area (Å²) < 4.78 is 0. The molecule has 1 aromatic rings. The van der Waals surface area contributed by atoms with Crippen LogP contribution >= 0.6 is 0 Å². The number of aryl methyl sites for hydroxylation is 1. The molecule has 0 radical (unpaired) electrons. The topological polar surface area (TPSA) is 12.0 Å². The van der Waals surface area contributed by atoms with E-state index >= 15 is 0 Å². The SMILES string of the molecule is CCCNC1c2cccc(C)c2C(C)C1C. The van der Waals surface area contributed by atoms with Crippen molar-refractivity contribution in [3.63, 3.8) is 0 Å². The fourth-order valence-corrected chi connectivity index (χ4v) is 3.03. The molecule has 88 valence electrons. The van der Waals surface area contributed by atoms with Gasteiger partial charge in [-0.15, -0.1) is 0 Å². The van der Waals surface area contributed by atoms with Gasteiger partial charge in [0.05, 0.1) is 0 Å². The van der Waals surface area contributed by atoms with Crippen molar-refractivity contribution in [2.75, 3.05) is 6.54 Å². The summed E-state index contributed by atoms with van der Waals surface area (Å²) in [5.74, 6) is 1.40. The third-order valence-electron chi connectivity index (χ3n) is 4.08. The van der Waals surface area contributed by atoms with E-state index in [2.05, 4.69) is 51.2 Å². The highest BCUT2D eigenvalue weighted by Gasteiger charge is 2.35. The first-order chi connectivity index (χ1) is 7.66. The molecule has 3 atom stereocenters. The predicted molar refractivity (Wildman–Crippen MR) is 69.8 cm³/mol. The minimum Gasteiger partial charge on any atom is -0.310 e. The summed E-state index contributed by atoms with van der Waals surface area (Å²) >= 11 is 0. The summed E-state index contributed by atoms with van der Waals surface area (Å²) in [6.45, 7) is 10.3. The first-order valence-electron chi connectivity index (χ1n) is 6.49. The molecule has 1 nitrogen and oxygen atoms in total. The van der Waals surface area contributed by atoms with Gasteiger partial charge in [-0.1, -0.05) is 39.0 Å². The van der Waals surface area contributed by atoms with Gasteiger partial charge in [0.1, 0.15) is 0 Å². The maximum Gasteiger partial charge on any atom is 0.0354 e. The highest BCUT2D eigenvalue weighted by atomic mass is 14.9. The van der Waals surface area contributed by atoms with Crippen molar-refractivity contribution >= 4 is 0 Å². The molecule has 16 heavy (non-hydrogen) atoms. The predicted octanol–water partition coefficient (Wildman–Crippen LogP) is 3.79. The molecule has 0 spiro atoms. The zero-order valence-corrected chi connectivity index (χ0v) is 10.9. The van der Waals surface area contributed by atoms with E-state index in [1.165, 1.54) is 17.5 Å². The van der Waals surface area contributed by atoms with Gasteiger partial charge in [-0.3, -0.25) is 0 Å². The van der Waals surface area contributed by atoms with Crippen molar-refractivity contribution in [3.8, 4) is 0 Å². The van der Waals surface area contributed by atoms with Crippen LogP contribution in [0.25, 0.3) is 0 Å². The number of benzene rings is 1. The first kappa shape index (κ1) is 11.7. The number of fused-ring (bicyclic) bond motifs is 1. The second-order valence-corrected chi connectivity index (χ2v) is 5.16. The van der Waals surface area contributed by atoms with Gasteiger partial charge in [0.2, 0.25) is 0 Å². The van der Waals surface area contributed by atoms with Gasteiger partial charge in [0, 0.05) is 6.04 Å². The average Bonchev–Trinajstić information content (AvgIpc) is 2.51. The van der Waals surface area contributed by atoms with Crippen LogP contribution in [0, 0.1) is 12.8 Å². The molecule has 1 N–H and O–H groups in total. The Bertz CT molecular complexity index is 370. The van der Waals surface area contributed by atoms with E-state index in [1.54, 1.807) is 5.56 Å². The average molecular weight is 217 g/mol. The summed E-state index contributed by atoms with van der Waals surface area (Å²) in [6, 6.07) is 7.30. The van der Waals surface area contributed by atoms with Gasteiger partial charge in [-0.2, -0.15) is 0 Å². The number of hydrogen-bond acceptors (Lipinski definition) is 1. The Morgan fingerprint density at radius 3 is 2.69 bits per heavy atom. The second kappa shape index (κ2) is 4.58. The standard InChI is InChI=1S/C15H23N/c1-5-9-16-15-12(4)11(3)14-10(2)7-6-8-13(14)15/h6-8,11-12,15-16H,5,9H2,1-4H3. The lowest BCUT2D eigenvalue weighted by atomic mass is 9.93. The van der Waals surface area contributed by atoms with E-state index in [-0.39, 0.29) is 0 Å². The smallest absolute Gasteiger partial charge is 0.0354 e. The number of hydrogen-bond donors (Lipinski definition) is 1. The Labute approximate surface area is 99.3 Å². The maximum absolute atomic E-state index is 3.69. The summed E-state index contributed by atoms with van der Waals surface area (Å²) in [6.07, 6.45) is 1.21. The Hall–Kier alpha value is -0.820. The summed E-state index contributed by atoms with van der Waals surface area (Å²) in [4.78, 5) is 0. The van der Waals surface area contributed by atoms with Crippen molar-refractivity contribution in [2.24, 2.45) is 5.92 Å². The molecule has 1 aliphatic carbocycles. The van der Waals surface area contributed by atoms with Crippen molar-refractivity contribution in [3.05, 3.63) is 34.9 Å².